The molecular weight excluding hydrogens is 460 g/mol. The quantitative estimate of drug-likeness (QED) is 0.379. The van der Waals surface area contributed by atoms with Crippen molar-refractivity contribution in [2.24, 2.45) is 0 Å². The lowest BCUT2D eigenvalue weighted by Gasteiger charge is -2.20. The molecule has 0 saturated carbocycles. The van der Waals surface area contributed by atoms with Crippen molar-refractivity contribution in [3.8, 4) is 10.9 Å². The van der Waals surface area contributed by atoms with E-state index in [1.807, 2.05) is 37.3 Å². The highest BCUT2D eigenvalue weighted by atomic mass is 32.1. The number of hydrogen-bond donors (Lipinski definition) is 3. The van der Waals surface area contributed by atoms with Crippen molar-refractivity contribution < 1.29 is 19.1 Å². The number of carbonyl (C=O) groups is 1. The molecule has 0 fully saturated rings. The fraction of sp³-hybridized carbons (Fsp3) is 0.227. The van der Waals surface area contributed by atoms with E-state index in [9.17, 15) is 14.7 Å². The SMILES string of the molecule is COc1c(N[C@H]2c3ccccc3C[C@H]2O)cc(C(=O)Nc2nnc(-n3nccc3C)s2)oc1=O. The maximum absolute atomic E-state index is 12.8. The molecular formula is C22H20N6O5S. The highest BCUT2D eigenvalue weighted by Gasteiger charge is 2.32. The number of ether oxygens (including phenoxy) is 1. The van der Waals surface area contributed by atoms with Gasteiger partial charge >= 0.3 is 5.63 Å². The average molecular weight is 481 g/mol. The Hall–Kier alpha value is -4.03. The maximum Gasteiger partial charge on any atom is 0.381 e. The van der Waals surface area contributed by atoms with Gasteiger partial charge in [-0.25, -0.2) is 9.48 Å². The standard InChI is InChI=1S/C22H20N6O5S/c1-11-7-8-23-28(11)22-27-26-21(34-22)25-19(30)16-10-14(18(32-2)20(31)33-16)24-17-13-6-4-3-5-12(13)9-15(17)29/h3-8,10,15,17,24,29H,9H2,1-2H3,(H,25,26,30)/t15-,17+/m1/s1. The molecule has 3 heterocycles. The molecule has 0 radical (unpaired) electrons. The van der Waals surface area contributed by atoms with Gasteiger partial charge in [0.2, 0.25) is 16.0 Å². The number of aromatic nitrogens is 4. The summed E-state index contributed by atoms with van der Waals surface area (Å²) in [5, 5.41) is 29.1. The molecule has 12 heteroatoms. The van der Waals surface area contributed by atoms with E-state index < -0.39 is 23.7 Å². The van der Waals surface area contributed by atoms with Crippen molar-refractivity contribution in [3.63, 3.8) is 0 Å². The number of benzene rings is 1. The number of anilines is 2. The maximum atomic E-state index is 12.8. The number of nitrogens with zero attached hydrogens (tertiary/aromatic N) is 4. The largest absolute Gasteiger partial charge is 0.488 e. The second-order valence-electron chi connectivity index (χ2n) is 7.67. The van der Waals surface area contributed by atoms with Crippen LogP contribution in [0.2, 0.25) is 0 Å². The summed E-state index contributed by atoms with van der Waals surface area (Å²) in [4.78, 5) is 25.4. The molecule has 0 aliphatic heterocycles. The molecule has 0 spiro atoms. The number of amides is 1. The first kappa shape index (κ1) is 21.8. The Kier molecular flexibility index (Phi) is 5.59. The topological polar surface area (TPSA) is 144 Å². The van der Waals surface area contributed by atoms with Crippen LogP contribution < -0.4 is 21.0 Å². The van der Waals surface area contributed by atoms with E-state index in [1.165, 1.54) is 13.2 Å². The van der Waals surface area contributed by atoms with E-state index in [4.69, 9.17) is 9.15 Å². The summed E-state index contributed by atoms with van der Waals surface area (Å²) in [6.07, 6.45) is 1.40. The number of methoxy groups -OCH3 is 1. The van der Waals surface area contributed by atoms with Gasteiger partial charge in [-0.3, -0.25) is 10.1 Å². The molecule has 174 valence electrons. The first-order chi connectivity index (χ1) is 16.4. The number of aliphatic hydroxyl groups excluding tert-OH is 1. The van der Waals surface area contributed by atoms with Crippen LogP contribution in [0.3, 0.4) is 0 Å². The predicted octanol–water partition coefficient (Wildman–Crippen LogP) is 2.32. The van der Waals surface area contributed by atoms with E-state index in [0.717, 1.165) is 28.2 Å². The fourth-order valence-electron chi connectivity index (χ4n) is 3.89. The molecule has 1 aliphatic carbocycles. The Morgan fingerprint density at radius 3 is 2.88 bits per heavy atom. The number of fused-ring (bicyclic) bond motifs is 1. The van der Waals surface area contributed by atoms with Gasteiger partial charge < -0.3 is 19.6 Å². The molecule has 0 saturated heterocycles. The fourth-order valence-corrected chi connectivity index (χ4v) is 4.65. The molecule has 3 aromatic heterocycles. The van der Waals surface area contributed by atoms with Crippen LogP contribution in [0.4, 0.5) is 10.8 Å². The van der Waals surface area contributed by atoms with Gasteiger partial charge in [0.1, 0.15) is 0 Å². The molecule has 34 heavy (non-hydrogen) atoms. The van der Waals surface area contributed by atoms with Crippen LogP contribution in [-0.4, -0.2) is 44.2 Å². The molecule has 1 aliphatic rings. The van der Waals surface area contributed by atoms with Gasteiger partial charge in [0.05, 0.1) is 24.9 Å². The van der Waals surface area contributed by atoms with Gasteiger partial charge in [0, 0.05) is 24.4 Å². The summed E-state index contributed by atoms with van der Waals surface area (Å²) in [5.41, 5.74) is 2.18. The van der Waals surface area contributed by atoms with Gasteiger partial charge in [0.15, 0.2) is 5.76 Å². The van der Waals surface area contributed by atoms with E-state index >= 15 is 0 Å². The molecule has 0 unspecified atom stereocenters. The number of aryl methyl sites for hydroxylation is 1. The van der Waals surface area contributed by atoms with Crippen LogP contribution >= 0.6 is 11.3 Å². The minimum absolute atomic E-state index is 0.0968. The van der Waals surface area contributed by atoms with Crippen molar-refractivity contribution in [1.82, 2.24) is 20.0 Å². The second kappa shape index (κ2) is 8.72. The average Bonchev–Trinajstić information content (AvgIpc) is 3.53. The summed E-state index contributed by atoms with van der Waals surface area (Å²) in [6.45, 7) is 1.87. The zero-order chi connectivity index (χ0) is 23.8. The summed E-state index contributed by atoms with van der Waals surface area (Å²) >= 11 is 1.12. The van der Waals surface area contributed by atoms with Crippen LogP contribution in [0, 0.1) is 6.92 Å². The van der Waals surface area contributed by atoms with Crippen molar-refractivity contribution >= 4 is 28.1 Å². The molecule has 2 atom stereocenters. The highest BCUT2D eigenvalue weighted by Crippen LogP contribution is 2.36. The zero-order valence-corrected chi connectivity index (χ0v) is 19.0. The summed E-state index contributed by atoms with van der Waals surface area (Å²) < 4.78 is 12.0. The Labute approximate surface area is 197 Å². The second-order valence-corrected chi connectivity index (χ2v) is 8.62. The van der Waals surface area contributed by atoms with Crippen molar-refractivity contribution in [2.75, 3.05) is 17.7 Å². The molecule has 3 N–H and O–H groups in total. The third-order valence-corrected chi connectivity index (χ3v) is 6.31. The number of carbonyl (C=O) groups excluding carboxylic acids is 1. The Bertz CT molecular complexity index is 1430. The highest BCUT2D eigenvalue weighted by molar-refractivity contribution is 7.17. The number of hydrogen-bond acceptors (Lipinski definition) is 10. The first-order valence-corrected chi connectivity index (χ1v) is 11.2. The number of rotatable bonds is 6. The molecule has 1 aromatic carbocycles. The number of nitrogens with one attached hydrogen (secondary N) is 2. The van der Waals surface area contributed by atoms with E-state index in [0.29, 0.717) is 11.6 Å². The van der Waals surface area contributed by atoms with Gasteiger partial charge in [-0.1, -0.05) is 35.6 Å². The van der Waals surface area contributed by atoms with E-state index in [2.05, 4.69) is 25.9 Å². The van der Waals surface area contributed by atoms with Crippen molar-refractivity contribution in [3.05, 3.63) is 75.6 Å². The van der Waals surface area contributed by atoms with Gasteiger partial charge in [-0.2, -0.15) is 5.10 Å². The molecule has 4 aromatic rings. The Morgan fingerprint density at radius 2 is 2.12 bits per heavy atom. The Balaban J connectivity index is 1.41. The minimum atomic E-state index is -0.830. The summed E-state index contributed by atoms with van der Waals surface area (Å²) in [6, 6.07) is 10.3. The summed E-state index contributed by atoms with van der Waals surface area (Å²) in [5.74, 6) is -1.03. The predicted molar refractivity (Wildman–Crippen MR) is 124 cm³/mol. The monoisotopic (exact) mass is 480 g/mol. The third-order valence-electron chi connectivity index (χ3n) is 5.50. The lowest BCUT2D eigenvalue weighted by molar-refractivity contribution is 0.0991. The van der Waals surface area contributed by atoms with Crippen molar-refractivity contribution in [2.45, 2.75) is 25.5 Å². The summed E-state index contributed by atoms with van der Waals surface area (Å²) in [7, 11) is 1.33. The van der Waals surface area contributed by atoms with Crippen LogP contribution in [0.1, 0.15) is 33.4 Å². The van der Waals surface area contributed by atoms with Crippen LogP contribution in [0.15, 0.2) is 51.8 Å². The molecule has 11 nitrogen and oxygen atoms in total. The Morgan fingerprint density at radius 1 is 1.29 bits per heavy atom. The molecule has 0 bridgehead atoms. The van der Waals surface area contributed by atoms with Crippen molar-refractivity contribution in [1.29, 1.82) is 0 Å². The first-order valence-electron chi connectivity index (χ1n) is 10.3. The lowest BCUT2D eigenvalue weighted by Crippen LogP contribution is -2.23. The van der Waals surface area contributed by atoms with Gasteiger partial charge in [-0.15, -0.1) is 10.2 Å². The van der Waals surface area contributed by atoms with E-state index in [1.54, 1.807) is 10.9 Å². The van der Waals surface area contributed by atoms with Crippen LogP contribution in [0.25, 0.3) is 5.13 Å². The molecule has 1 amide bonds. The van der Waals surface area contributed by atoms with Crippen LogP contribution in [0.5, 0.6) is 5.75 Å². The minimum Gasteiger partial charge on any atom is -0.488 e. The van der Waals surface area contributed by atoms with Gasteiger partial charge in [0.25, 0.3) is 5.91 Å². The van der Waals surface area contributed by atoms with Crippen LogP contribution in [-0.2, 0) is 6.42 Å². The number of aliphatic hydroxyl groups is 1. The third kappa shape index (κ3) is 3.93. The van der Waals surface area contributed by atoms with Gasteiger partial charge in [-0.05, 0) is 24.1 Å². The zero-order valence-electron chi connectivity index (χ0n) is 18.2. The smallest absolute Gasteiger partial charge is 0.381 e. The molecule has 5 rings (SSSR count). The van der Waals surface area contributed by atoms with E-state index in [-0.39, 0.29) is 22.3 Å². The lowest BCUT2D eigenvalue weighted by atomic mass is 10.1. The normalized spacial score (nSPS) is 16.8.